The molecule has 1 amide bonds. The van der Waals surface area contributed by atoms with Crippen LogP contribution in [0.15, 0.2) is 15.4 Å². The fraction of sp³-hybridized carbons (Fsp3) is 0.667. The van der Waals surface area contributed by atoms with E-state index >= 15 is 0 Å². The van der Waals surface area contributed by atoms with Gasteiger partial charge in [-0.25, -0.2) is 12.7 Å². The van der Waals surface area contributed by atoms with Crippen molar-refractivity contribution < 1.29 is 17.6 Å². The third-order valence-corrected chi connectivity index (χ3v) is 5.82. The predicted octanol–water partition coefficient (Wildman–Crippen LogP) is 2.34. The van der Waals surface area contributed by atoms with E-state index in [1.165, 1.54) is 20.2 Å². The Morgan fingerprint density at radius 2 is 1.82 bits per heavy atom. The third kappa shape index (κ3) is 3.52. The van der Waals surface area contributed by atoms with E-state index in [1.54, 1.807) is 11.8 Å². The van der Waals surface area contributed by atoms with E-state index < -0.39 is 10.0 Å². The monoisotopic (exact) mass is 330 g/mol. The molecule has 0 aromatic carbocycles. The molecule has 0 N–H and O–H groups in total. The van der Waals surface area contributed by atoms with Gasteiger partial charge in [0.1, 0.15) is 10.7 Å². The van der Waals surface area contributed by atoms with Gasteiger partial charge in [-0.05, 0) is 26.7 Å². The maximum absolute atomic E-state index is 12.6. The molecule has 1 aromatic heterocycles. The van der Waals surface area contributed by atoms with Gasteiger partial charge in [-0.15, -0.1) is 0 Å². The minimum atomic E-state index is -3.62. The zero-order valence-electron chi connectivity index (χ0n) is 14.4. The summed E-state index contributed by atoms with van der Waals surface area (Å²) in [5.74, 6) is 0.300. The van der Waals surface area contributed by atoms with Crippen LogP contribution in [0, 0.1) is 12.8 Å². The largest absolute Gasteiger partial charge is 0.455 e. The third-order valence-electron chi connectivity index (χ3n) is 3.90. The number of furan rings is 1. The smallest absolute Gasteiger partial charge is 0.289 e. The Morgan fingerprint density at radius 3 is 2.23 bits per heavy atom. The van der Waals surface area contributed by atoms with Crippen molar-refractivity contribution in [2.45, 2.75) is 45.6 Å². The molecule has 0 unspecified atom stereocenters. The summed E-state index contributed by atoms with van der Waals surface area (Å²) in [6, 6.07) is 1.36. The highest BCUT2D eigenvalue weighted by atomic mass is 32.2. The minimum absolute atomic E-state index is 0.0362. The Balaban J connectivity index is 3.22. The highest BCUT2D eigenvalue weighted by Gasteiger charge is 2.29. The van der Waals surface area contributed by atoms with Crippen LogP contribution >= 0.6 is 0 Å². The van der Waals surface area contributed by atoms with Crippen molar-refractivity contribution in [3.63, 3.8) is 0 Å². The highest BCUT2D eigenvalue weighted by Crippen LogP contribution is 2.24. The molecule has 22 heavy (non-hydrogen) atoms. The predicted molar refractivity (Wildman–Crippen MR) is 85.3 cm³/mol. The highest BCUT2D eigenvalue weighted by molar-refractivity contribution is 7.89. The Morgan fingerprint density at radius 1 is 1.27 bits per heavy atom. The lowest BCUT2D eigenvalue weighted by Crippen LogP contribution is -2.41. The van der Waals surface area contributed by atoms with E-state index in [0.29, 0.717) is 12.5 Å². The molecule has 126 valence electrons. The van der Waals surface area contributed by atoms with Crippen molar-refractivity contribution in [3.8, 4) is 0 Å². The number of hydrogen-bond donors (Lipinski definition) is 0. The lowest BCUT2D eigenvalue weighted by molar-refractivity contribution is 0.0626. The summed E-state index contributed by atoms with van der Waals surface area (Å²) in [5, 5.41) is 0. The van der Waals surface area contributed by atoms with Gasteiger partial charge < -0.3 is 9.32 Å². The molecule has 0 bridgehead atoms. The van der Waals surface area contributed by atoms with Crippen molar-refractivity contribution in [1.29, 1.82) is 0 Å². The standard InChI is InChI=1S/C15H26N2O4S/c1-8-17(11(4)10(2)3)15(18)13-9-14(12(5)21-13)22(19,20)16(6)7/h9-11H,8H2,1-7H3/t11-/m1/s1. The number of rotatable bonds is 6. The zero-order chi connectivity index (χ0) is 17.2. The van der Waals surface area contributed by atoms with Gasteiger partial charge >= 0.3 is 0 Å². The van der Waals surface area contributed by atoms with Crippen molar-refractivity contribution in [1.82, 2.24) is 9.21 Å². The average molecular weight is 330 g/mol. The molecule has 0 saturated carbocycles. The molecular formula is C15H26N2O4S. The van der Waals surface area contributed by atoms with Gasteiger partial charge in [0.05, 0.1) is 0 Å². The van der Waals surface area contributed by atoms with Gasteiger partial charge in [-0.1, -0.05) is 13.8 Å². The Bertz CT molecular complexity index is 632. The van der Waals surface area contributed by atoms with Crippen LogP contribution in [0.1, 0.15) is 44.0 Å². The van der Waals surface area contributed by atoms with Gasteiger partial charge in [0, 0.05) is 32.7 Å². The number of nitrogens with zero attached hydrogens (tertiary/aromatic N) is 2. The number of aryl methyl sites for hydroxylation is 1. The molecule has 6 nitrogen and oxygen atoms in total. The lowest BCUT2D eigenvalue weighted by Gasteiger charge is -2.30. The van der Waals surface area contributed by atoms with Gasteiger partial charge in [-0.3, -0.25) is 4.79 Å². The van der Waals surface area contributed by atoms with E-state index in [9.17, 15) is 13.2 Å². The quantitative estimate of drug-likeness (QED) is 0.803. The van der Waals surface area contributed by atoms with Crippen molar-refractivity contribution in [2.24, 2.45) is 5.92 Å². The maximum Gasteiger partial charge on any atom is 0.289 e. The van der Waals surface area contributed by atoms with Gasteiger partial charge in [0.25, 0.3) is 5.91 Å². The topological polar surface area (TPSA) is 70.8 Å². The molecule has 1 rings (SSSR count). The summed E-state index contributed by atoms with van der Waals surface area (Å²) in [6.45, 7) is 10.0. The van der Waals surface area contributed by atoms with E-state index in [0.717, 1.165) is 4.31 Å². The fourth-order valence-corrected chi connectivity index (χ4v) is 3.20. The molecule has 1 heterocycles. The van der Waals surface area contributed by atoms with Crippen LogP contribution in [-0.2, 0) is 10.0 Å². The molecule has 1 aromatic rings. The lowest BCUT2D eigenvalue weighted by atomic mass is 10.0. The molecule has 0 fully saturated rings. The number of amides is 1. The van der Waals surface area contributed by atoms with Gasteiger partial charge in [0.15, 0.2) is 5.76 Å². The summed E-state index contributed by atoms with van der Waals surface area (Å²) in [4.78, 5) is 14.3. The summed E-state index contributed by atoms with van der Waals surface area (Å²) >= 11 is 0. The first-order chi connectivity index (χ1) is 10.0. The van der Waals surface area contributed by atoms with Crippen LogP contribution in [-0.4, -0.2) is 50.2 Å². The average Bonchev–Trinajstić information content (AvgIpc) is 2.81. The molecule has 7 heteroatoms. The summed E-state index contributed by atoms with van der Waals surface area (Å²) in [6.07, 6.45) is 0. The zero-order valence-corrected chi connectivity index (χ0v) is 15.2. The first-order valence-corrected chi connectivity index (χ1v) is 8.81. The van der Waals surface area contributed by atoms with Gasteiger partial charge in [0.2, 0.25) is 10.0 Å². The van der Waals surface area contributed by atoms with E-state index in [4.69, 9.17) is 4.42 Å². The van der Waals surface area contributed by atoms with Crippen molar-refractivity contribution in [2.75, 3.05) is 20.6 Å². The summed E-state index contributed by atoms with van der Waals surface area (Å²) in [5.41, 5.74) is 0. The van der Waals surface area contributed by atoms with E-state index in [2.05, 4.69) is 0 Å². The van der Waals surface area contributed by atoms with Crippen LogP contribution in [0.4, 0.5) is 0 Å². The number of hydrogen-bond acceptors (Lipinski definition) is 4. The SMILES string of the molecule is CCN(C(=O)c1cc(S(=O)(=O)N(C)C)c(C)o1)[C@H](C)C(C)C. The molecule has 0 saturated heterocycles. The van der Waals surface area contributed by atoms with Crippen LogP contribution < -0.4 is 0 Å². The number of carbonyl (C=O) groups is 1. The number of sulfonamides is 1. The molecule has 0 aliphatic carbocycles. The second-order valence-corrected chi connectivity index (χ2v) is 8.01. The Labute approximate surface area is 133 Å². The van der Waals surface area contributed by atoms with Crippen molar-refractivity contribution >= 4 is 15.9 Å². The molecule has 0 aliphatic heterocycles. The van der Waals surface area contributed by atoms with Crippen LogP contribution in [0.25, 0.3) is 0 Å². The maximum atomic E-state index is 12.6. The minimum Gasteiger partial charge on any atom is -0.455 e. The van der Waals surface area contributed by atoms with E-state index in [1.807, 2.05) is 27.7 Å². The molecule has 0 radical (unpaired) electrons. The fourth-order valence-electron chi connectivity index (χ4n) is 2.14. The molecule has 0 spiro atoms. The molecular weight excluding hydrogens is 304 g/mol. The summed E-state index contributed by atoms with van der Waals surface area (Å²) in [7, 11) is -0.727. The molecule has 0 aliphatic rings. The second-order valence-electron chi connectivity index (χ2n) is 5.89. The molecule has 1 atom stereocenters. The summed E-state index contributed by atoms with van der Waals surface area (Å²) < 4.78 is 31.0. The second kappa shape index (κ2) is 6.83. The van der Waals surface area contributed by atoms with Crippen LogP contribution in [0.5, 0.6) is 0 Å². The first-order valence-electron chi connectivity index (χ1n) is 7.37. The van der Waals surface area contributed by atoms with E-state index in [-0.39, 0.29) is 28.4 Å². The van der Waals surface area contributed by atoms with Gasteiger partial charge in [-0.2, -0.15) is 0 Å². The van der Waals surface area contributed by atoms with Crippen LogP contribution in [0.2, 0.25) is 0 Å². The Kier molecular flexibility index (Phi) is 5.81. The normalized spacial score (nSPS) is 13.7. The first kappa shape index (κ1) is 18.7. The Hall–Kier alpha value is -1.34. The number of carbonyl (C=O) groups excluding carboxylic acids is 1. The van der Waals surface area contributed by atoms with Crippen LogP contribution in [0.3, 0.4) is 0 Å². The van der Waals surface area contributed by atoms with Crippen molar-refractivity contribution in [3.05, 3.63) is 17.6 Å².